The summed E-state index contributed by atoms with van der Waals surface area (Å²) >= 11 is 0. The monoisotopic (exact) mass is 459 g/mol. The Bertz CT molecular complexity index is 1020. The molecule has 2 amide bonds. The van der Waals surface area contributed by atoms with Crippen LogP contribution >= 0.6 is 0 Å². The Balaban J connectivity index is 1.50. The molecule has 2 aromatic carbocycles. The molecule has 1 saturated heterocycles. The van der Waals surface area contributed by atoms with Crippen molar-refractivity contribution in [2.45, 2.75) is 50.1 Å². The Kier molecular flexibility index (Phi) is 6.74. The van der Waals surface area contributed by atoms with E-state index in [-0.39, 0.29) is 23.2 Å². The van der Waals surface area contributed by atoms with Crippen LogP contribution in [0, 0.1) is 11.6 Å². The summed E-state index contributed by atoms with van der Waals surface area (Å²) in [6.45, 7) is 4.11. The number of carbonyl (C=O) groups is 1. The zero-order valence-electron chi connectivity index (χ0n) is 19.3. The van der Waals surface area contributed by atoms with Gasteiger partial charge in [-0.1, -0.05) is 13.0 Å². The van der Waals surface area contributed by atoms with E-state index < -0.39 is 17.7 Å². The molecule has 0 bridgehead atoms. The molecule has 1 aliphatic carbocycles. The van der Waals surface area contributed by atoms with Crippen LogP contribution in [0.25, 0.3) is 0 Å². The lowest BCUT2D eigenvalue weighted by molar-refractivity contribution is 0.141. The van der Waals surface area contributed by atoms with Crippen LogP contribution in [0.3, 0.4) is 0 Å². The Hall–Kier alpha value is -2.87. The highest BCUT2D eigenvalue weighted by Crippen LogP contribution is 2.50. The second kappa shape index (κ2) is 9.55. The SMILES string of the molecule is CCN1CCC2(c3ccc(OC)c(OC)c3)CCC(NC(=O)Nc3ccc(F)c(F)c3)CC12. The molecule has 33 heavy (non-hydrogen) atoms. The van der Waals surface area contributed by atoms with Crippen molar-refractivity contribution in [1.82, 2.24) is 10.2 Å². The molecule has 1 saturated carbocycles. The lowest BCUT2D eigenvalue weighted by atomic mass is 9.65. The molecular formula is C25H31F2N3O3. The minimum absolute atomic E-state index is 0.00962. The summed E-state index contributed by atoms with van der Waals surface area (Å²) in [5, 5.41) is 5.64. The number of halogens is 2. The Morgan fingerprint density at radius 2 is 1.88 bits per heavy atom. The first kappa shape index (κ1) is 23.3. The molecule has 4 rings (SSSR count). The average Bonchev–Trinajstić information content (AvgIpc) is 3.20. The largest absolute Gasteiger partial charge is 0.493 e. The van der Waals surface area contributed by atoms with Crippen molar-refractivity contribution in [3.05, 3.63) is 53.6 Å². The van der Waals surface area contributed by atoms with E-state index in [1.165, 1.54) is 11.6 Å². The maximum atomic E-state index is 13.5. The van der Waals surface area contributed by atoms with E-state index in [1.807, 2.05) is 6.07 Å². The third-order valence-corrected chi connectivity index (χ3v) is 7.25. The van der Waals surface area contributed by atoms with Gasteiger partial charge in [-0.15, -0.1) is 0 Å². The second-order valence-electron chi connectivity index (χ2n) is 8.82. The Morgan fingerprint density at radius 1 is 1.09 bits per heavy atom. The molecule has 8 heteroatoms. The van der Waals surface area contributed by atoms with E-state index in [9.17, 15) is 13.6 Å². The van der Waals surface area contributed by atoms with E-state index in [2.05, 4.69) is 34.6 Å². The van der Waals surface area contributed by atoms with Crippen LogP contribution in [0.2, 0.25) is 0 Å². The molecule has 3 unspecified atom stereocenters. The molecule has 3 atom stereocenters. The van der Waals surface area contributed by atoms with E-state index in [1.54, 1.807) is 14.2 Å². The quantitative estimate of drug-likeness (QED) is 0.658. The maximum Gasteiger partial charge on any atom is 0.319 e. The molecule has 6 nitrogen and oxygen atoms in total. The average molecular weight is 460 g/mol. The van der Waals surface area contributed by atoms with Gasteiger partial charge in [0.15, 0.2) is 23.1 Å². The molecule has 1 heterocycles. The molecule has 2 aromatic rings. The van der Waals surface area contributed by atoms with Gasteiger partial charge >= 0.3 is 6.03 Å². The number of rotatable bonds is 6. The van der Waals surface area contributed by atoms with Gasteiger partial charge in [-0.05, 0) is 68.6 Å². The van der Waals surface area contributed by atoms with Crippen LogP contribution in [-0.2, 0) is 5.41 Å². The minimum Gasteiger partial charge on any atom is -0.493 e. The second-order valence-corrected chi connectivity index (χ2v) is 8.82. The fraction of sp³-hybridized carbons (Fsp3) is 0.480. The molecule has 1 aliphatic heterocycles. The van der Waals surface area contributed by atoms with Crippen molar-refractivity contribution in [3.63, 3.8) is 0 Å². The van der Waals surface area contributed by atoms with Crippen LogP contribution in [0.4, 0.5) is 19.3 Å². The normalized spacial score (nSPS) is 24.8. The van der Waals surface area contributed by atoms with Crippen molar-refractivity contribution in [3.8, 4) is 11.5 Å². The number of urea groups is 1. The van der Waals surface area contributed by atoms with E-state index in [0.29, 0.717) is 5.75 Å². The summed E-state index contributed by atoms with van der Waals surface area (Å²) in [5.41, 5.74) is 1.45. The zero-order chi connectivity index (χ0) is 23.6. The summed E-state index contributed by atoms with van der Waals surface area (Å²) in [5.74, 6) is -0.497. The highest BCUT2D eigenvalue weighted by Gasteiger charge is 2.51. The van der Waals surface area contributed by atoms with Crippen LogP contribution in [-0.4, -0.2) is 50.3 Å². The number of anilines is 1. The van der Waals surface area contributed by atoms with E-state index >= 15 is 0 Å². The third kappa shape index (κ3) is 4.49. The highest BCUT2D eigenvalue weighted by atomic mass is 19.2. The number of ether oxygens (including phenoxy) is 2. The van der Waals surface area contributed by atoms with Crippen molar-refractivity contribution >= 4 is 11.7 Å². The molecular weight excluding hydrogens is 428 g/mol. The number of benzene rings is 2. The lowest BCUT2D eigenvalue weighted by Gasteiger charge is -2.45. The van der Waals surface area contributed by atoms with Gasteiger partial charge in [-0.2, -0.15) is 0 Å². The number of likely N-dealkylation sites (tertiary alicyclic amines) is 1. The van der Waals surface area contributed by atoms with Gasteiger partial charge in [0.05, 0.1) is 14.2 Å². The summed E-state index contributed by atoms with van der Waals surface area (Å²) in [7, 11) is 3.28. The number of likely N-dealkylation sites (N-methyl/N-ethyl adjacent to an activating group) is 1. The number of carbonyl (C=O) groups excluding carboxylic acids is 1. The van der Waals surface area contributed by atoms with Crippen molar-refractivity contribution in [2.75, 3.05) is 32.6 Å². The van der Waals surface area contributed by atoms with Gasteiger partial charge in [-0.25, -0.2) is 13.6 Å². The summed E-state index contributed by atoms with van der Waals surface area (Å²) in [6, 6.07) is 9.37. The van der Waals surface area contributed by atoms with E-state index in [0.717, 1.165) is 56.7 Å². The number of methoxy groups -OCH3 is 2. The number of amides is 2. The standard InChI is InChI=1S/C25H31F2N3O3/c1-4-30-12-11-25(16-5-8-21(32-2)22(13-16)33-3)10-9-18(15-23(25)30)29-24(31)28-17-6-7-19(26)20(27)14-17/h5-8,13-14,18,23H,4,9-12,15H2,1-3H3,(H2,28,29,31). The first-order valence-electron chi connectivity index (χ1n) is 11.4. The number of hydrogen-bond acceptors (Lipinski definition) is 4. The van der Waals surface area contributed by atoms with Gasteiger partial charge in [0.25, 0.3) is 0 Å². The minimum atomic E-state index is -0.991. The van der Waals surface area contributed by atoms with Gasteiger partial charge < -0.3 is 20.1 Å². The van der Waals surface area contributed by atoms with Crippen LogP contribution in [0.1, 0.15) is 38.2 Å². The molecule has 2 aliphatic rings. The van der Waals surface area contributed by atoms with E-state index in [4.69, 9.17) is 9.47 Å². The topological polar surface area (TPSA) is 62.8 Å². The van der Waals surface area contributed by atoms with Crippen molar-refractivity contribution < 1.29 is 23.0 Å². The fourth-order valence-corrected chi connectivity index (χ4v) is 5.56. The van der Waals surface area contributed by atoms with Crippen LogP contribution in [0.5, 0.6) is 11.5 Å². The Labute approximate surface area is 193 Å². The zero-order valence-corrected chi connectivity index (χ0v) is 19.3. The third-order valence-electron chi connectivity index (χ3n) is 7.25. The lowest BCUT2D eigenvalue weighted by Crippen LogP contribution is -2.53. The summed E-state index contributed by atoms with van der Waals surface area (Å²) < 4.78 is 37.6. The first-order chi connectivity index (χ1) is 15.9. The number of nitrogens with one attached hydrogen (secondary N) is 2. The van der Waals surface area contributed by atoms with Crippen LogP contribution < -0.4 is 20.1 Å². The number of hydrogen-bond donors (Lipinski definition) is 2. The maximum absolute atomic E-state index is 13.5. The number of fused-ring (bicyclic) bond motifs is 1. The molecule has 0 radical (unpaired) electrons. The summed E-state index contributed by atoms with van der Waals surface area (Å²) in [4.78, 5) is 15.0. The Morgan fingerprint density at radius 3 is 2.58 bits per heavy atom. The van der Waals surface area contributed by atoms with Gasteiger partial charge in [0.1, 0.15) is 0 Å². The van der Waals surface area contributed by atoms with Crippen molar-refractivity contribution in [2.24, 2.45) is 0 Å². The van der Waals surface area contributed by atoms with Gasteiger partial charge in [0.2, 0.25) is 0 Å². The molecule has 178 valence electrons. The predicted octanol–water partition coefficient (Wildman–Crippen LogP) is 4.69. The molecule has 0 aromatic heterocycles. The molecule has 2 N–H and O–H groups in total. The smallest absolute Gasteiger partial charge is 0.319 e. The van der Waals surface area contributed by atoms with Crippen LogP contribution in [0.15, 0.2) is 36.4 Å². The fourth-order valence-electron chi connectivity index (χ4n) is 5.56. The molecule has 0 spiro atoms. The molecule has 2 fully saturated rings. The van der Waals surface area contributed by atoms with Gasteiger partial charge in [-0.3, -0.25) is 4.90 Å². The first-order valence-corrected chi connectivity index (χ1v) is 11.4. The van der Waals surface area contributed by atoms with Gasteiger partial charge in [0, 0.05) is 29.3 Å². The van der Waals surface area contributed by atoms with Crippen molar-refractivity contribution in [1.29, 1.82) is 0 Å². The number of nitrogens with zero attached hydrogens (tertiary/aromatic N) is 1. The highest BCUT2D eigenvalue weighted by molar-refractivity contribution is 5.89. The predicted molar refractivity (Wildman–Crippen MR) is 123 cm³/mol. The summed E-state index contributed by atoms with van der Waals surface area (Å²) in [6.07, 6.45) is 3.62.